The van der Waals surface area contributed by atoms with Gasteiger partial charge in [-0.25, -0.2) is 4.79 Å². The Morgan fingerprint density at radius 1 is 0.679 bits per heavy atom. The molecule has 1 fully saturated rings. The molecule has 3 amide bonds. The third-order valence-corrected chi connectivity index (χ3v) is 12.3. The van der Waals surface area contributed by atoms with Crippen LogP contribution in [0.4, 0.5) is 16.2 Å². The van der Waals surface area contributed by atoms with E-state index in [2.05, 4.69) is 60.8 Å². The fraction of sp³-hybridized carbons (Fsp3) is 0.292. The number of alkyl halides is 1. The van der Waals surface area contributed by atoms with Gasteiger partial charge >= 0.3 is 6.03 Å². The summed E-state index contributed by atoms with van der Waals surface area (Å²) in [7, 11) is 0. The first-order valence-corrected chi connectivity index (χ1v) is 20.4. The number of carbonyl (C=O) groups is 2. The van der Waals surface area contributed by atoms with E-state index in [1.54, 1.807) is 0 Å². The van der Waals surface area contributed by atoms with Gasteiger partial charge in [-0.05, 0) is 57.7 Å². The zero-order valence-corrected chi connectivity index (χ0v) is 32.4. The molecule has 2 aliphatic heterocycles. The Balaban J connectivity index is 0.943. The van der Waals surface area contributed by atoms with Gasteiger partial charge in [0.25, 0.3) is 0 Å². The first-order valence-electron chi connectivity index (χ1n) is 19.8. The third kappa shape index (κ3) is 7.05. The largest absolute Gasteiger partial charge is 0.488 e. The summed E-state index contributed by atoms with van der Waals surface area (Å²) in [4.78, 5) is 31.9. The second-order valence-electron chi connectivity index (χ2n) is 15.6. The van der Waals surface area contributed by atoms with E-state index in [-0.39, 0.29) is 36.7 Å². The van der Waals surface area contributed by atoms with Crippen molar-refractivity contribution in [3.05, 3.63) is 144 Å². The average Bonchev–Trinajstić information content (AvgIpc) is 3.62. The van der Waals surface area contributed by atoms with Crippen molar-refractivity contribution in [2.75, 3.05) is 35.3 Å². The molecule has 56 heavy (non-hydrogen) atoms. The predicted molar refractivity (Wildman–Crippen MR) is 225 cm³/mol. The van der Waals surface area contributed by atoms with Crippen molar-refractivity contribution in [1.29, 1.82) is 0 Å². The van der Waals surface area contributed by atoms with E-state index >= 15 is 0 Å². The summed E-state index contributed by atoms with van der Waals surface area (Å²) >= 11 is 6.56. The van der Waals surface area contributed by atoms with Crippen molar-refractivity contribution in [3.8, 4) is 11.5 Å². The highest BCUT2D eigenvalue weighted by Crippen LogP contribution is 2.52. The molecule has 8 heteroatoms. The van der Waals surface area contributed by atoms with Gasteiger partial charge in [0.2, 0.25) is 5.91 Å². The molecular formula is C48H46ClN3O4. The highest BCUT2D eigenvalue weighted by Gasteiger charge is 2.41. The molecule has 2 heterocycles. The highest BCUT2D eigenvalue weighted by atomic mass is 35.5. The van der Waals surface area contributed by atoms with E-state index in [1.165, 1.54) is 12.0 Å². The molecule has 6 aromatic carbocycles. The van der Waals surface area contributed by atoms with Crippen molar-refractivity contribution < 1.29 is 19.1 Å². The molecule has 1 aliphatic carbocycles. The first kappa shape index (κ1) is 36.1. The Morgan fingerprint density at radius 2 is 1.16 bits per heavy atom. The summed E-state index contributed by atoms with van der Waals surface area (Å²) in [6, 6.07) is 40.6. The van der Waals surface area contributed by atoms with Crippen molar-refractivity contribution in [3.63, 3.8) is 0 Å². The number of fused-ring (bicyclic) bond motifs is 6. The number of halogens is 1. The van der Waals surface area contributed by atoms with Crippen molar-refractivity contribution in [1.82, 2.24) is 5.32 Å². The maximum atomic E-state index is 14.1. The van der Waals surface area contributed by atoms with Crippen LogP contribution in [0.25, 0.3) is 21.5 Å². The molecule has 0 bridgehead atoms. The molecule has 1 N–H and O–H groups in total. The molecule has 3 aliphatic rings. The van der Waals surface area contributed by atoms with E-state index in [0.717, 1.165) is 67.5 Å². The van der Waals surface area contributed by atoms with E-state index in [1.807, 2.05) is 82.6 Å². The SMILES string of the molecule is CC1CC1CC1CN(C(=O)NCCC(=O)N2CC(CCl)c3c2cc(OCc2ccccc2)c2ccccc32)c2cc(OCc3ccccc3)c3ccccc3c21. The van der Waals surface area contributed by atoms with Gasteiger partial charge in [0.15, 0.2) is 0 Å². The smallest absolute Gasteiger partial charge is 0.321 e. The molecule has 0 aromatic heterocycles. The van der Waals surface area contributed by atoms with E-state index in [0.29, 0.717) is 44.0 Å². The number of hydrogen-bond acceptors (Lipinski definition) is 4. The lowest BCUT2D eigenvalue weighted by Gasteiger charge is -2.22. The van der Waals surface area contributed by atoms with Crippen LogP contribution in [-0.2, 0) is 18.0 Å². The minimum atomic E-state index is -0.197. The maximum Gasteiger partial charge on any atom is 0.321 e. The number of carbonyl (C=O) groups excluding carboxylic acids is 2. The fourth-order valence-electron chi connectivity index (χ4n) is 8.88. The molecule has 7 nitrogen and oxygen atoms in total. The van der Waals surface area contributed by atoms with Crippen molar-refractivity contribution >= 4 is 56.5 Å². The minimum absolute atomic E-state index is 0.0152. The second kappa shape index (κ2) is 15.5. The Morgan fingerprint density at radius 3 is 1.70 bits per heavy atom. The zero-order chi connectivity index (χ0) is 38.2. The summed E-state index contributed by atoms with van der Waals surface area (Å²) < 4.78 is 12.9. The zero-order valence-electron chi connectivity index (χ0n) is 31.6. The summed E-state index contributed by atoms with van der Waals surface area (Å²) in [6.07, 6.45) is 2.43. The molecule has 6 aromatic rings. The number of ether oxygens (including phenoxy) is 2. The number of urea groups is 1. The van der Waals surface area contributed by atoms with Gasteiger partial charge in [0, 0.05) is 66.7 Å². The standard InChI is InChI=1S/C48H46ClN3O4/c1-31-22-34(31)23-35-27-52(42-25-44(56-30-33-14-6-3-7-15-33)37-16-8-10-18-39(37)46(35)42)48(54)50-21-20-45(53)51-28-36(26-49)47-40-19-11-9-17-38(40)43(24-41(47)51)55-29-32-12-4-2-5-13-32/h2-19,24-25,31,34-36H,20-23,26-30H2,1H3,(H,50,54). The van der Waals surface area contributed by atoms with Gasteiger partial charge < -0.3 is 19.7 Å². The van der Waals surface area contributed by atoms with Crippen LogP contribution in [-0.4, -0.2) is 37.5 Å². The normalized spacial score (nSPS) is 19.5. The Bertz CT molecular complexity index is 2400. The first-order chi connectivity index (χ1) is 27.5. The highest BCUT2D eigenvalue weighted by molar-refractivity contribution is 6.19. The van der Waals surface area contributed by atoms with Crippen LogP contribution < -0.4 is 24.6 Å². The molecular weight excluding hydrogens is 718 g/mol. The Labute approximate surface area is 333 Å². The van der Waals surface area contributed by atoms with Crippen LogP contribution in [0.5, 0.6) is 11.5 Å². The summed E-state index contributed by atoms with van der Waals surface area (Å²) in [5.41, 5.74) is 6.16. The molecule has 9 rings (SSSR count). The summed E-state index contributed by atoms with van der Waals surface area (Å²) in [5, 5.41) is 7.37. The van der Waals surface area contributed by atoms with Crippen LogP contribution in [0.1, 0.15) is 60.3 Å². The average molecular weight is 764 g/mol. The summed E-state index contributed by atoms with van der Waals surface area (Å²) in [5.74, 6) is 3.41. The Kier molecular flexibility index (Phi) is 10.0. The predicted octanol–water partition coefficient (Wildman–Crippen LogP) is 10.6. The third-order valence-electron chi connectivity index (χ3n) is 11.9. The van der Waals surface area contributed by atoms with Gasteiger partial charge in [0.05, 0.1) is 11.4 Å². The van der Waals surface area contributed by atoms with Gasteiger partial charge in [0.1, 0.15) is 24.7 Å². The number of nitrogens with zero attached hydrogens (tertiary/aromatic N) is 2. The second-order valence-corrected chi connectivity index (χ2v) is 15.9. The van der Waals surface area contributed by atoms with E-state index < -0.39 is 0 Å². The number of rotatable bonds is 12. The lowest BCUT2D eigenvalue weighted by Crippen LogP contribution is -2.41. The topological polar surface area (TPSA) is 71.1 Å². The minimum Gasteiger partial charge on any atom is -0.488 e. The van der Waals surface area contributed by atoms with Crippen LogP contribution >= 0.6 is 11.6 Å². The molecule has 0 radical (unpaired) electrons. The quantitative estimate of drug-likeness (QED) is 0.126. The lowest BCUT2D eigenvalue weighted by atomic mass is 9.90. The summed E-state index contributed by atoms with van der Waals surface area (Å²) in [6.45, 7) is 4.45. The number of anilines is 2. The molecule has 284 valence electrons. The molecule has 1 saturated carbocycles. The monoisotopic (exact) mass is 763 g/mol. The van der Waals surface area contributed by atoms with Crippen molar-refractivity contribution in [2.24, 2.45) is 11.8 Å². The molecule has 4 atom stereocenters. The number of nitrogens with one attached hydrogen (secondary N) is 1. The van der Waals surface area contributed by atoms with Gasteiger partial charge in [-0.2, -0.15) is 0 Å². The van der Waals surface area contributed by atoms with Gasteiger partial charge in [-0.3, -0.25) is 9.69 Å². The van der Waals surface area contributed by atoms with Crippen LogP contribution in [0.15, 0.2) is 121 Å². The van der Waals surface area contributed by atoms with Crippen LogP contribution in [0.3, 0.4) is 0 Å². The van der Waals surface area contributed by atoms with Gasteiger partial charge in [-0.1, -0.05) is 116 Å². The number of hydrogen-bond donors (Lipinski definition) is 1. The molecule has 0 spiro atoms. The Hall–Kier alpha value is -5.53. The molecule has 0 saturated heterocycles. The van der Waals surface area contributed by atoms with E-state index in [9.17, 15) is 9.59 Å². The van der Waals surface area contributed by atoms with Crippen LogP contribution in [0.2, 0.25) is 0 Å². The lowest BCUT2D eigenvalue weighted by molar-refractivity contribution is -0.118. The van der Waals surface area contributed by atoms with E-state index in [4.69, 9.17) is 21.1 Å². The maximum absolute atomic E-state index is 14.1. The number of amides is 3. The molecule has 4 unspecified atom stereocenters. The van der Waals surface area contributed by atoms with Crippen molar-refractivity contribution in [2.45, 2.75) is 51.2 Å². The van der Waals surface area contributed by atoms with Gasteiger partial charge in [-0.15, -0.1) is 11.6 Å². The number of benzene rings is 6. The fourth-order valence-corrected chi connectivity index (χ4v) is 9.13. The van der Waals surface area contributed by atoms with Crippen LogP contribution in [0, 0.1) is 11.8 Å².